The molecule has 1 nitrogen and oxygen atoms in total. The SMILES string of the molecule is CC1CCC(Nc2cc(F)c(F)cc2F)CC1C. The largest absolute Gasteiger partial charge is 0.380 e. The molecule has 2 rings (SSSR count). The molecule has 0 heterocycles. The summed E-state index contributed by atoms with van der Waals surface area (Å²) in [6, 6.07) is 1.62. The van der Waals surface area contributed by atoms with E-state index in [2.05, 4.69) is 19.2 Å². The van der Waals surface area contributed by atoms with Gasteiger partial charge in [0.1, 0.15) is 5.82 Å². The van der Waals surface area contributed by atoms with E-state index in [1.165, 1.54) is 0 Å². The highest BCUT2D eigenvalue weighted by Gasteiger charge is 2.25. The highest BCUT2D eigenvalue weighted by Crippen LogP contribution is 2.31. The van der Waals surface area contributed by atoms with Crippen LogP contribution in [0.15, 0.2) is 12.1 Å². The Labute approximate surface area is 105 Å². The van der Waals surface area contributed by atoms with Crippen LogP contribution in [-0.4, -0.2) is 6.04 Å². The van der Waals surface area contributed by atoms with Crippen LogP contribution in [0.2, 0.25) is 0 Å². The standard InChI is InChI=1S/C14H18F3N/c1-8-3-4-10(5-9(8)2)18-14-7-12(16)11(15)6-13(14)17/h6-10,18H,3-5H2,1-2H3. The first-order valence-corrected chi connectivity index (χ1v) is 6.38. The minimum absolute atomic E-state index is 0.0562. The molecule has 1 saturated carbocycles. The summed E-state index contributed by atoms with van der Waals surface area (Å²) >= 11 is 0. The fourth-order valence-corrected chi connectivity index (χ4v) is 2.53. The van der Waals surface area contributed by atoms with Crippen molar-refractivity contribution >= 4 is 5.69 Å². The van der Waals surface area contributed by atoms with Crippen molar-refractivity contribution < 1.29 is 13.2 Å². The summed E-state index contributed by atoms with van der Waals surface area (Å²) in [6.45, 7) is 4.37. The predicted octanol–water partition coefficient (Wildman–Crippen LogP) is 4.34. The van der Waals surface area contributed by atoms with Crippen LogP contribution in [0.25, 0.3) is 0 Å². The molecule has 1 aliphatic rings. The number of nitrogens with one attached hydrogen (secondary N) is 1. The molecule has 1 N–H and O–H groups in total. The van der Waals surface area contributed by atoms with Gasteiger partial charge in [-0.15, -0.1) is 0 Å². The van der Waals surface area contributed by atoms with E-state index in [0.29, 0.717) is 17.9 Å². The van der Waals surface area contributed by atoms with Crippen LogP contribution in [0.1, 0.15) is 33.1 Å². The zero-order valence-electron chi connectivity index (χ0n) is 10.6. The molecule has 3 unspecified atom stereocenters. The molecule has 1 aromatic rings. The van der Waals surface area contributed by atoms with E-state index in [9.17, 15) is 13.2 Å². The third-order valence-corrected chi connectivity index (χ3v) is 3.97. The van der Waals surface area contributed by atoms with E-state index in [1.54, 1.807) is 0 Å². The number of halogens is 3. The lowest BCUT2D eigenvalue weighted by Gasteiger charge is -2.33. The first-order valence-electron chi connectivity index (χ1n) is 6.38. The molecule has 0 bridgehead atoms. The van der Waals surface area contributed by atoms with Gasteiger partial charge in [-0.3, -0.25) is 0 Å². The van der Waals surface area contributed by atoms with Gasteiger partial charge in [-0.05, 0) is 31.1 Å². The molecule has 1 aliphatic carbocycles. The predicted molar refractivity (Wildman–Crippen MR) is 65.9 cm³/mol. The molecule has 18 heavy (non-hydrogen) atoms. The third-order valence-electron chi connectivity index (χ3n) is 3.97. The Balaban J connectivity index is 2.08. The molecule has 0 aliphatic heterocycles. The summed E-state index contributed by atoms with van der Waals surface area (Å²) in [5, 5.41) is 2.99. The van der Waals surface area contributed by atoms with Crippen LogP contribution < -0.4 is 5.32 Å². The second kappa shape index (κ2) is 5.21. The highest BCUT2D eigenvalue weighted by atomic mass is 19.2. The molecule has 4 heteroatoms. The van der Waals surface area contributed by atoms with Crippen molar-refractivity contribution in [2.75, 3.05) is 5.32 Å². The van der Waals surface area contributed by atoms with Crippen molar-refractivity contribution in [2.45, 2.75) is 39.2 Å². The van der Waals surface area contributed by atoms with E-state index in [1.807, 2.05) is 0 Å². The Morgan fingerprint density at radius 3 is 2.28 bits per heavy atom. The fourth-order valence-electron chi connectivity index (χ4n) is 2.53. The van der Waals surface area contributed by atoms with E-state index < -0.39 is 17.5 Å². The first-order chi connectivity index (χ1) is 8.47. The van der Waals surface area contributed by atoms with Crippen LogP contribution in [0.3, 0.4) is 0 Å². The molecule has 0 radical (unpaired) electrons. The summed E-state index contributed by atoms with van der Waals surface area (Å²) in [7, 11) is 0. The van der Waals surface area contributed by atoms with Crippen molar-refractivity contribution in [2.24, 2.45) is 11.8 Å². The molecule has 0 aromatic heterocycles. The zero-order chi connectivity index (χ0) is 13.3. The lowest BCUT2D eigenvalue weighted by molar-refractivity contribution is 0.260. The van der Waals surface area contributed by atoms with Crippen molar-refractivity contribution in [3.05, 3.63) is 29.6 Å². The number of benzene rings is 1. The van der Waals surface area contributed by atoms with E-state index >= 15 is 0 Å². The second-order valence-corrected chi connectivity index (χ2v) is 5.36. The van der Waals surface area contributed by atoms with Gasteiger partial charge in [-0.2, -0.15) is 0 Å². The van der Waals surface area contributed by atoms with Crippen molar-refractivity contribution in [3.8, 4) is 0 Å². The van der Waals surface area contributed by atoms with Gasteiger partial charge < -0.3 is 5.32 Å². The van der Waals surface area contributed by atoms with Crippen LogP contribution >= 0.6 is 0 Å². The Bertz CT molecular complexity index is 433. The van der Waals surface area contributed by atoms with Gasteiger partial charge in [-0.1, -0.05) is 13.8 Å². The highest BCUT2D eigenvalue weighted by molar-refractivity contribution is 5.46. The number of anilines is 1. The maximum Gasteiger partial charge on any atom is 0.161 e. The summed E-state index contributed by atoms with van der Waals surface area (Å²) in [5.41, 5.74) is 0.0562. The quantitative estimate of drug-likeness (QED) is 0.777. The average molecular weight is 257 g/mol. The number of rotatable bonds is 2. The molecule has 0 amide bonds. The van der Waals surface area contributed by atoms with Gasteiger partial charge in [0, 0.05) is 18.2 Å². The van der Waals surface area contributed by atoms with Gasteiger partial charge >= 0.3 is 0 Å². The lowest BCUT2D eigenvalue weighted by Crippen LogP contribution is -2.30. The lowest BCUT2D eigenvalue weighted by atomic mass is 9.79. The topological polar surface area (TPSA) is 12.0 Å². The zero-order valence-corrected chi connectivity index (χ0v) is 10.6. The van der Waals surface area contributed by atoms with Gasteiger partial charge in [0.25, 0.3) is 0 Å². The number of hydrogen-bond donors (Lipinski definition) is 1. The average Bonchev–Trinajstić information content (AvgIpc) is 2.31. The molecule has 3 atom stereocenters. The van der Waals surface area contributed by atoms with Crippen molar-refractivity contribution in [3.63, 3.8) is 0 Å². The van der Waals surface area contributed by atoms with Gasteiger partial charge in [0.15, 0.2) is 11.6 Å². The monoisotopic (exact) mass is 257 g/mol. The minimum atomic E-state index is -1.15. The van der Waals surface area contributed by atoms with E-state index in [4.69, 9.17) is 0 Å². The van der Waals surface area contributed by atoms with Gasteiger partial charge in [-0.25, -0.2) is 13.2 Å². The minimum Gasteiger partial charge on any atom is -0.380 e. The van der Waals surface area contributed by atoms with Crippen molar-refractivity contribution in [1.82, 2.24) is 0 Å². The molecule has 0 spiro atoms. The summed E-state index contributed by atoms with van der Waals surface area (Å²) in [5.74, 6) is -1.68. The van der Waals surface area contributed by atoms with Gasteiger partial charge in [0.2, 0.25) is 0 Å². The Morgan fingerprint density at radius 2 is 1.61 bits per heavy atom. The molecule has 1 fully saturated rings. The van der Waals surface area contributed by atoms with Crippen LogP contribution in [-0.2, 0) is 0 Å². The molecular weight excluding hydrogens is 239 g/mol. The third kappa shape index (κ3) is 2.79. The van der Waals surface area contributed by atoms with E-state index in [-0.39, 0.29) is 11.7 Å². The van der Waals surface area contributed by atoms with E-state index in [0.717, 1.165) is 25.3 Å². The van der Waals surface area contributed by atoms with Gasteiger partial charge in [0.05, 0.1) is 5.69 Å². The summed E-state index contributed by atoms with van der Waals surface area (Å²) in [4.78, 5) is 0. The normalized spacial score (nSPS) is 28.2. The molecule has 1 aromatic carbocycles. The Kier molecular flexibility index (Phi) is 3.83. The maximum absolute atomic E-state index is 13.5. The summed E-state index contributed by atoms with van der Waals surface area (Å²) < 4.78 is 39.4. The molecule has 0 saturated heterocycles. The molecular formula is C14H18F3N. The number of hydrogen-bond acceptors (Lipinski definition) is 1. The van der Waals surface area contributed by atoms with Crippen LogP contribution in [0, 0.1) is 29.3 Å². The first kappa shape index (κ1) is 13.2. The second-order valence-electron chi connectivity index (χ2n) is 5.36. The summed E-state index contributed by atoms with van der Waals surface area (Å²) in [6.07, 6.45) is 2.94. The van der Waals surface area contributed by atoms with Crippen LogP contribution in [0.5, 0.6) is 0 Å². The Morgan fingerprint density at radius 1 is 0.944 bits per heavy atom. The maximum atomic E-state index is 13.5. The fraction of sp³-hybridized carbons (Fsp3) is 0.571. The van der Waals surface area contributed by atoms with Crippen molar-refractivity contribution in [1.29, 1.82) is 0 Å². The smallest absolute Gasteiger partial charge is 0.161 e. The van der Waals surface area contributed by atoms with Crippen LogP contribution in [0.4, 0.5) is 18.9 Å². The molecule has 100 valence electrons. The Hall–Kier alpha value is -1.19.